The molecule has 0 aliphatic carbocycles. The number of anilines is 1. The first-order valence-corrected chi connectivity index (χ1v) is 7.61. The Kier molecular flexibility index (Phi) is 3.79. The SMILES string of the molecule is Nc1cc(S(=O)(=O)NC2CNC(=O)C2)c(F)cc1Br. The molecule has 1 atom stereocenters. The number of hydrogen-bond donors (Lipinski definition) is 3. The van der Waals surface area contributed by atoms with Gasteiger partial charge in [0.05, 0.1) is 0 Å². The second-order valence-electron chi connectivity index (χ2n) is 4.13. The van der Waals surface area contributed by atoms with E-state index in [1.54, 1.807) is 0 Å². The predicted molar refractivity (Wildman–Crippen MR) is 70.2 cm³/mol. The van der Waals surface area contributed by atoms with Gasteiger partial charge in [-0.1, -0.05) is 0 Å². The molecule has 6 nitrogen and oxygen atoms in total. The van der Waals surface area contributed by atoms with Crippen LogP contribution in [0.1, 0.15) is 6.42 Å². The Morgan fingerprint density at radius 1 is 1.47 bits per heavy atom. The van der Waals surface area contributed by atoms with Crippen LogP contribution >= 0.6 is 15.9 Å². The molecule has 2 rings (SSSR count). The molecular weight excluding hydrogens is 341 g/mol. The summed E-state index contributed by atoms with van der Waals surface area (Å²) >= 11 is 3.01. The molecule has 1 amide bonds. The second-order valence-corrected chi connectivity index (χ2v) is 6.67. The van der Waals surface area contributed by atoms with Crippen LogP contribution in [0.3, 0.4) is 0 Å². The first-order chi connectivity index (χ1) is 8.79. The number of carbonyl (C=O) groups is 1. The van der Waals surface area contributed by atoms with Gasteiger partial charge in [0.1, 0.15) is 10.7 Å². The van der Waals surface area contributed by atoms with Gasteiger partial charge in [0.25, 0.3) is 0 Å². The van der Waals surface area contributed by atoms with E-state index in [0.29, 0.717) is 0 Å². The summed E-state index contributed by atoms with van der Waals surface area (Å²) in [5.41, 5.74) is 5.66. The average Bonchev–Trinajstić information content (AvgIpc) is 2.68. The summed E-state index contributed by atoms with van der Waals surface area (Å²) in [7, 11) is -4.06. The monoisotopic (exact) mass is 351 g/mol. The van der Waals surface area contributed by atoms with E-state index in [-0.39, 0.29) is 29.0 Å². The molecule has 1 fully saturated rings. The summed E-state index contributed by atoms with van der Waals surface area (Å²) in [5, 5.41) is 2.49. The number of sulfonamides is 1. The first-order valence-electron chi connectivity index (χ1n) is 5.33. The van der Waals surface area contributed by atoms with Gasteiger partial charge < -0.3 is 11.1 Å². The lowest BCUT2D eigenvalue weighted by Crippen LogP contribution is -2.36. The van der Waals surface area contributed by atoms with Crippen LogP contribution < -0.4 is 15.8 Å². The maximum atomic E-state index is 13.7. The smallest absolute Gasteiger partial charge is 0.243 e. The summed E-state index contributed by atoms with van der Waals surface area (Å²) < 4.78 is 40.3. The molecule has 1 aliphatic rings. The highest BCUT2D eigenvalue weighted by atomic mass is 79.9. The lowest BCUT2D eigenvalue weighted by atomic mass is 10.3. The van der Waals surface area contributed by atoms with E-state index in [9.17, 15) is 17.6 Å². The minimum atomic E-state index is -4.06. The number of nitrogens with one attached hydrogen (secondary N) is 2. The van der Waals surface area contributed by atoms with Crippen molar-refractivity contribution in [3.05, 3.63) is 22.4 Å². The van der Waals surface area contributed by atoms with Crippen LogP contribution in [-0.4, -0.2) is 26.9 Å². The number of benzene rings is 1. The highest BCUT2D eigenvalue weighted by Gasteiger charge is 2.28. The van der Waals surface area contributed by atoms with Crippen LogP contribution in [0.2, 0.25) is 0 Å². The van der Waals surface area contributed by atoms with Crippen LogP contribution in [0.4, 0.5) is 10.1 Å². The fraction of sp³-hybridized carbons (Fsp3) is 0.300. The zero-order valence-electron chi connectivity index (χ0n) is 9.61. The summed E-state index contributed by atoms with van der Waals surface area (Å²) in [5.74, 6) is -1.16. The van der Waals surface area contributed by atoms with Crippen LogP contribution in [0.15, 0.2) is 21.5 Å². The zero-order valence-corrected chi connectivity index (χ0v) is 12.0. The van der Waals surface area contributed by atoms with Crippen LogP contribution in [-0.2, 0) is 14.8 Å². The molecule has 1 aliphatic heterocycles. The Labute approximate surface area is 117 Å². The number of amides is 1. The topological polar surface area (TPSA) is 101 Å². The van der Waals surface area contributed by atoms with E-state index in [2.05, 4.69) is 26.0 Å². The van der Waals surface area contributed by atoms with Gasteiger partial charge in [-0.25, -0.2) is 17.5 Å². The lowest BCUT2D eigenvalue weighted by molar-refractivity contribution is -0.119. The highest BCUT2D eigenvalue weighted by Crippen LogP contribution is 2.26. The van der Waals surface area contributed by atoms with E-state index in [0.717, 1.165) is 12.1 Å². The Morgan fingerprint density at radius 2 is 2.16 bits per heavy atom. The number of hydrogen-bond acceptors (Lipinski definition) is 4. The largest absolute Gasteiger partial charge is 0.398 e. The number of carbonyl (C=O) groups excluding carboxylic acids is 1. The molecule has 0 aromatic heterocycles. The Bertz CT molecular complexity index is 635. The van der Waals surface area contributed by atoms with Crippen molar-refractivity contribution in [2.24, 2.45) is 0 Å². The van der Waals surface area contributed by atoms with Crippen molar-refractivity contribution in [3.8, 4) is 0 Å². The molecule has 1 heterocycles. The van der Waals surface area contributed by atoms with E-state index in [1.165, 1.54) is 0 Å². The molecule has 1 saturated heterocycles. The molecule has 1 aromatic carbocycles. The molecule has 9 heteroatoms. The van der Waals surface area contributed by atoms with Crippen molar-refractivity contribution in [2.45, 2.75) is 17.4 Å². The third-order valence-corrected chi connectivity index (χ3v) is 4.86. The highest BCUT2D eigenvalue weighted by molar-refractivity contribution is 9.10. The number of rotatable bonds is 3. The minimum Gasteiger partial charge on any atom is -0.398 e. The van der Waals surface area contributed by atoms with Gasteiger partial charge in [0.15, 0.2) is 0 Å². The Morgan fingerprint density at radius 3 is 2.74 bits per heavy atom. The van der Waals surface area contributed by atoms with Crippen molar-refractivity contribution in [1.29, 1.82) is 0 Å². The summed E-state index contributed by atoms with van der Waals surface area (Å²) in [6.45, 7) is 0.186. The summed E-state index contributed by atoms with van der Waals surface area (Å²) in [4.78, 5) is 10.5. The molecule has 0 spiro atoms. The molecule has 0 bridgehead atoms. The second kappa shape index (κ2) is 5.06. The number of nitrogens with two attached hydrogens (primary N) is 1. The van der Waals surface area contributed by atoms with Crippen molar-refractivity contribution >= 4 is 37.5 Å². The van der Waals surface area contributed by atoms with E-state index in [4.69, 9.17) is 5.73 Å². The fourth-order valence-electron chi connectivity index (χ4n) is 1.72. The maximum Gasteiger partial charge on any atom is 0.243 e. The van der Waals surface area contributed by atoms with E-state index < -0.39 is 26.8 Å². The maximum absolute atomic E-state index is 13.7. The van der Waals surface area contributed by atoms with Crippen LogP contribution in [0.5, 0.6) is 0 Å². The minimum absolute atomic E-state index is 0.0346. The lowest BCUT2D eigenvalue weighted by Gasteiger charge is -2.12. The fourth-order valence-corrected chi connectivity index (χ4v) is 3.37. The van der Waals surface area contributed by atoms with E-state index in [1.807, 2.05) is 0 Å². The van der Waals surface area contributed by atoms with Crippen molar-refractivity contribution in [3.63, 3.8) is 0 Å². The third kappa shape index (κ3) is 3.04. The summed E-state index contributed by atoms with van der Waals surface area (Å²) in [6.07, 6.45) is 0.0346. The van der Waals surface area contributed by atoms with Gasteiger partial charge in [0.2, 0.25) is 15.9 Å². The van der Waals surface area contributed by atoms with Crippen molar-refractivity contribution in [2.75, 3.05) is 12.3 Å². The van der Waals surface area contributed by atoms with Gasteiger partial charge >= 0.3 is 0 Å². The average molecular weight is 352 g/mol. The zero-order chi connectivity index (χ0) is 14.2. The van der Waals surface area contributed by atoms with Gasteiger partial charge in [-0.3, -0.25) is 4.79 Å². The molecule has 4 N–H and O–H groups in total. The number of halogens is 2. The number of nitrogen functional groups attached to an aromatic ring is 1. The van der Waals surface area contributed by atoms with Gasteiger partial charge in [-0.15, -0.1) is 0 Å². The van der Waals surface area contributed by atoms with Gasteiger partial charge in [-0.2, -0.15) is 0 Å². The molecule has 0 radical (unpaired) electrons. The van der Waals surface area contributed by atoms with E-state index >= 15 is 0 Å². The Balaban J connectivity index is 2.29. The molecule has 0 saturated carbocycles. The predicted octanol–water partition coefficient (Wildman–Crippen LogP) is 0.337. The van der Waals surface area contributed by atoms with Crippen molar-refractivity contribution < 1.29 is 17.6 Å². The Hall–Kier alpha value is -1.19. The standard InChI is InChI=1S/C10H11BrFN3O3S/c11-6-2-7(12)9(3-8(6)13)19(17,18)15-5-1-10(16)14-4-5/h2-3,5,15H,1,4,13H2,(H,14,16). The molecule has 1 aromatic rings. The van der Waals surface area contributed by atoms with Gasteiger partial charge in [0, 0.05) is 29.2 Å². The third-order valence-electron chi connectivity index (χ3n) is 2.64. The van der Waals surface area contributed by atoms with Crippen LogP contribution in [0.25, 0.3) is 0 Å². The molecule has 1 unspecified atom stereocenters. The first kappa shape index (κ1) is 14.2. The van der Waals surface area contributed by atoms with Crippen LogP contribution in [0, 0.1) is 5.82 Å². The normalized spacial score (nSPS) is 19.5. The van der Waals surface area contributed by atoms with Gasteiger partial charge in [-0.05, 0) is 28.1 Å². The quantitative estimate of drug-likeness (QED) is 0.683. The molecule has 104 valence electrons. The molecular formula is C10H11BrFN3O3S. The summed E-state index contributed by atoms with van der Waals surface area (Å²) in [6, 6.07) is 1.44. The van der Waals surface area contributed by atoms with Crippen molar-refractivity contribution in [1.82, 2.24) is 10.0 Å². The molecule has 19 heavy (non-hydrogen) atoms.